The molecule has 4 aromatic rings. The van der Waals surface area contributed by atoms with E-state index in [9.17, 15) is 15.2 Å². The van der Waals surface area contributed by atoms with Gasteiger partial charge in [0.1, 0.15) is 11.6 Å². The fraction of sp³-hybridized carbons (Fsp3) is 0.0385. The first-order valence-electron chi connectivity index (χ1n) is 9.68. The molecule has 0 radical (unpaired) electrons. The molecule has 0 aliphatic rings. The van der Waals surface area contributed by atoms with E-state index in [1.165, 1.54) is 0 Å². The second kappa shape index (κ2) is 8.93. The fourth-order valence-electron chi connectivity index (χ4n) is 3.32. The number of aliphatic carboxylic acids is 1. The van der Waals surface area contributed by atoms with E-state index in [1.54, 1.807) is 30.3 Å². The number of hydrogen-bond acceptors (Lipinski definition) is 4. The minimum atomic E-state index is -1.30. The highest BCUT2D eigenvalue weighted by Crippen LogP contribution is 2.35. The van der Waals surface area contributed by atoms with Gasteiger partial charge in [0, 0.05) is 16.7 Å². The molecule has 0 saturated carbocycles. The summed E-state index contributed by atoms with van der Waals surface area (Å²) in [5.41, 5.74) is 3.52. The molecule has 0 aliphatic heterocycles. The zero-order valence-corrected chi connectivity index (χ0v) is 16.5. The van der Waals surface area contributed by atoms with Crippen molar-refractivity contribution in [1.29, 1.82) is 5.26 Å². The molecule has 1 heterocycles. The molecule has 1 unspecified atom stereocenters. The number of nitriles is 1. The summed E-state index contributed by atoms with van der Waals surface area (Å²) in [6.45, 7) is 0. The molecule has 150 valence electrons. The van der Waals surface area contributed by atoms with Crippen molar-refractivity contribution in [2.45, 2.75) is 6.10 Å². The van der Waals surface area contributed by atoms with Crippen molar-refractivity contribution >= 4 is 5.97 Å². The van der Waals surface area contributed by atoms with Crippen LogP contribution in [0, 0.1) is 11.3 Å². The highest BCUT2D eigenvalue weighted by Gasteiger charge is 2.26. The number of aromatic nitrogens is 1. The number of nitrogens with zero attached hydrogens (tertiary/aromatic N) is 2. The SMILES string of the molecule is N#Cc1c(-c2ccccc2)cc(-c2ccccc2)nc1OC(C(=O)O)c1ccccc1. The molecule has 0 aliphatic carbocycles. The molecule has 1 N–H and O–H groups in total. The van der Waals surface area contributed by atoms with Gasteiger partial charge in [-0.25, -0.2) is 9.78 Å². The molecule has 1 atom stereocenters. The molecular weight excluding hydrogens is 388 g/mol. The highest BCUT2D eigenvalue weighted by molar-refractivity contribution is 5.79. The Morgan fingerprint density at radius 1 is 0.871 bits per heavy atom. The second-order valence-corrected chi connectivity index (χ2v) is 6.83. The number of pyridine rings is 1. The average Bonchev–Trinajstić information content (AvgIpc) is 2.83. The summed E-state index contributed by atoms with van der Waals surface area (Å²) in [4.78, 5) is 16.5. The van der Waals surface area contributed by atoms with E-state index in [2.05, 4.69) is 11.1 Å². The fourth-order valence-corrected chi connectivity index (χ4v) is 3.32. The van der Waals surface area contributed by atoms with Crippen LogP contribution < -0.4 is 4.74 Å². The first kappa shape index (κ1) is 19.9. The molecule has 0 bridgehead atoms. The zero-order valence-electron chi connectivity index (χ0n) is 16.5. The van der Waals surface area contributed by atoms with Gasteiger partial charge in [-0.05, 0) is 11.6 Å². The molecule has 5 heteroatoms. The minimum Gasteiger partial charge on any atom is -0.478 e. The number of ether oxygens (including phenoxy) is 1. The third-order valence-corrected chi connectivity index (χ3v) is 4.81. The Kier molecular flexibility index (Phi) is 5.72. The average molecular weight is 406 g/mol. The first-order valence-corrected chi connectivity index (χ1v) is 9.68. The van der Waals surface area contributed by atoms with Crippen LogP contribution >= 0.6 is 0 Å². The number of carboxylic acid groups (broad SMARTS) is 1. The van der Waals surface area contributed by atoms with Gasteiger partial charge in [-0.1, -0.05) is 91.0 Å². The summed E-state index contributed by atoms with van der Waals surface area (Å²) in [5.74, 6) is -1.18. The normalized spacial score (nSPS) is 11.3. The Bertz CT molecular complexity index is 1230. The van der Waals surface area contributed by atoms with Crippen LogP contribution in [0.3, 0.4) is 0 Å². The summed E-state index contributed by atoms with van der Waals surface area (Å²) in [6.07, 6.45) is -1.30. The van der Waals surface area contributed by atoms with Crippen LogP contribution in [0.5, 0.6) is 5.88 Å². The summed E-state index contributed by atoms with van der Waals surface area (Å²) in [7, 11) is 0. The number of carbonyl (C=O) groups is 1. The molecule has 31 heavy (non-hydrogen) atoms. The molecule has 5 nitrogen and oxygen atoms in total. The Labute approximate surface area is 179 Å². The monoisotopic (exact) mass is 406 g/mol. The molecule has 4 rings (SSSR count). The Hall–Kier alpha value is -4.43. The van der Waals surface area contributed by atoms with Crippen LogP contribution in [0.1, 0.15) is 17.2 Å². The molecule has 0 spiro atoms. The van der Waals surface area contributed by atoms with Gasteiger partial charge < -0.3 is 9.84 Å². The van der Waals surface area contributed by atoms with E-state index >= 15 is 0 Å². The summed E-state index contributed by atoms with van der Waals surface area (Å²) in [6, 6.07) is 31.5. The summed E-state index contributed by atoms with van der Waals surface area (Å²) < 4.78 is 5.88. The van der Waals surface area contributed by atoms with Crippen molar-refractivity contribution in [3.8, 4) is 34.3 Å². The van der Waals surface area contributed by atoms with E-state index in [0.717, 1.165) is 11.1 Å². The number of carboxylic acids is 1. The molecule has 0 amide bonds. The van der Waals surface area contributed by atoms with Crippen LogP contribution in [-0.4, -0.2) is 16.1 Å². The summed E-state index contributed by atoms with van der Waals surface area (Å²) >= 11 is 0. The van der Waals surface area contributed by atoms with E-state index in [-0.39, 0.29) is 11.4 Å². The van der Waals surface area contributed by atoms with Crippen LogP contribution in [-0.2, 0) is 4.79 Å². The lowest BCUT2D eigenvalue weighted by molar-refractivity contribution is -0.145. The van der Waals surface area contributed by atoms with Crippen molar-refractivity contribution in [2.75, 3.05) is 0 Å². The molecule has 0 fully saturated rings. The topological polar surface area (TPSA) is 83.2 Å². The van der Waals surface area contributed by atoms with E-state index in [1.807, 2.05) is 66.7 Å². The lowest BCUT2D eigenvalue weighted by Gasteiger charge is -2.18. The third-order valence-electron chi connectivity index (χ3n) is 4.81. The van der Waals surface area contributed by atoms with Crippen molar-refractivity contribution < 1.29 is 14.6 Å². The predicted octanol–water partition coefficient (Wildman–Crippen LogP) is 5.49. The van der Waals surface area contributed by atoms with Gasteiger partial charge in [0.2, 0.25) is 12.0 Å². The van der Waals surface area contributed by atoms with Crippen molar-refractivity contribution in [3.05, 3.63) is 108 Å². The van der Waals surface area contributed by atoms with Crippen LogP contribution in [0.4, 0.5) is 0 Å². The van der Waals surface area contributed by atoms with E-state index in [4.69, 9.17) is 4.74 Å². The van der Waals surface area contributed by atoms with Crippen molar-refractivity contribution in [2.24, 2.45) is 0 Å². The highest BCUT2D eigenvalue weighted by atomic mass is 16.5. The number of hydrogen-bond donors (Lipinski definition) is 1. The Morgan fingerprint density at radius 2 is 1.42 bits per heavy atom. The number of rotatable bonds is 6. The van der Waals surface area contributed by atoms with Gasteiger partial charge in [0.15, 0.2) is 0 Å². The van der Waals surface area contributed by atoms with Crippen LogP contribution in [0.2, 0.25) is 0 Å². The lowest BCUT2D eigenvalue weighted by atomic mass is 9.99. The van der Waals surface area contributed by atoms with E-state index in [0.29, 0.717) is 16.8 Å². The maximum atomic E-state index is 12.0. The maximum Gasteiger partial charge on any atom is 0.349 e. The van der Waals surface area contributed by atoms with Crippen molar-refractivity contribution in [1.82, 2.24) is 4.98 Å². The van der Waals surface area contributed by atoms with Crippen LogP contribution in [0.15, 0.2) is 97.1 Å². The van der Waals surface area contributed by atoms with Gasteiger partial charge in [0.25, 0.3) is 0 Å². The predicted molar refractivity (Wildman–Crippen MR) is 117 cm³/mol. The molecular formula is C26H18N2O3. The minimum absolute atomic E-state index is 0.0149. The summed E-state index contributed by atoms with van der Waals surface area (Å²) in [5, 5.41) is 19.7. The van der Waals surface area contributed by atoms with Gasteiger partial charge in [-0.15, -0.1) is 0 Å². The molecule has 0 saturated heterocycles. The number of benzene rings is 3. The lowest BCUT2D eigenvalue weighted by Crippen LogP contribution is -2.19. The van der Waals surface area contributed by atoms with Gasteiger partial charge in [0.05, 0.1) is 5.69 Å². The zero-order chi connectivity index (χ0) is 21.6. The van der Waals surface area contributed by atoms with Crippen LogP contribution in [0.25, 0.3) is 22.4 Å². The third kappa shape index (κ3) is 4.29. The quantitative estimate of drug-likeness (QED) is 0.458. The Morgan fingerprint density at radius 3 is 1.97 bits per heavy atom. The molecule has 1 aromatic heterocycles. The van der Waals surface area contributed by atoms with Crippen molar-refractivity contribution in [3.63, 3.8) is 0 Å². The second-order valence-electron chi connectivity index (χ2n) is 6.83. The van der Waals surface area contributed by atoms with Gasteiger partial charge >= 0.3 is 5.97 Å². The van der Waals surface area contributed by atoms with E-state index < -0.39 is 12.1 Å². The smallest absolute Gasteiger partial charge is 0.349 e. The standard InChI is InChI=1S/C26H18N2O3/c27-17-22-21(18-10-4-1-5-11-18)16-23(19-12-6-2-7-13-19)28-25(22)31-24(26(29)30)20-14-8-3-9-15-20/h1-16,24H,(H,29,30). The van der Waals surface area contributed by atoms with Gasteiger partial charge in [-0.3, -0.25) is 0 Å². The molecule has 3 aromatic carbocycles. The Balaban J connectivity index is 1.90. The largest absolute Gasteiger partial charge is 0.478 e. The van der Waals surface area contributed by atoms with Gasteiger partial charge in [-0.2, -0.15) is 5.26 Å². The first-order chi connectivity index (χ1) is 15.2. The maximum absolute atomic E-state index is 12.0.